The summed E-state index contributed by atoms with van der Waals surface area (Å²) in [6.07, 6.45) is 25.4. The summed E-state index contributed by atoms with van der Waals surface area (Å²) in [6, 6.07) is 0. The Balaban J connectivity index is -0.00000684. The van der Waals surface area contributed by atoms with Crippen molar-refractivity contribution in [1.82, 2.24) is 0 Å². The minimum Gasteiger partial charge on any atom is -0.870 e. The van der Waals surface area contributed by atoms with Gasteiger partial charge in [-0.2, -0.15) is 0 Å². The van der Waals surface area contributed by atoms with Crippen LogP contribution in [0.3, 0.4) is 0 Å². The van der Waals surface area contributed by atoms with E-state index in [1.807, 2.05) is 14.1 Å². The van der Waals surface area contributed by atoms with Gasteiger partial charge in [0.25, 0.3) is 0 Å². The largest absolute Gasteiger partial charge is 0.870 e. The molecule has 0 aliphatic heterocycles. The minimum atomic E-state index is -0.762. The van der Waals surface area contributed by atoms with Crippen molar-refractivity contribution in [3.8, 4) is 0 Å². The summed E-state index contributed by atoms with van der Waals surface area (Å²) in [6.45, 7) is 7.87. The molecule has 242 valence electrons. The molecule has 0 rings (SSSR count). The predicted molar refractivity (Wildman–Crippen MR) is 164 cm³/mol. The Morgan fingerprint density at radius 1 is 0.425 bits per heavy atom. The summed E-state index contributed by atoms with van der Waals surface area (Å²) < 4.78 is 0.996. The zero-order valence-corrected chi connectivity index (χ0v) is 26.9. The van der Waals surface area contributed by atoms with E-state index in [0.29, 0.717) is 22.1 Å². The molecule has 0 aromatic heterocycles. The number of hydrogen-bond acceptors (Lipinski definition) is 4. The summed E-state index contributed by atoms with van der Waals surface area (Å²) in [5.41, 5.74) is 0. The predicted octanol–water partition coefficient (Wildman–Crippen LogP) is 7.54. The SMILES string of the molecule is CCCCCCCCCCCC[N+](C)(CC[N+](C)(CCCCCCCCCCCC)CC(=O)O)CC(=O)O.[OH-].[OH-]. The molecule has 0 radical (unpaired) electrons. The van der Waals surface area contributed by atoms with E-state index in [1.165, 1.54) is 103 Å². The average molecular weight is 577 g/mol. The number of hydrogen-bond donors (Lipinski definition) is 2. The van der Waals surface area contributed by atoms with Gasteiger partial charge in [0.2, 0.25) is 0 Å². The molecule has 0 aliphatic carbocycles. The van der Waals surface area contributed by atoms with Crippen LogP contribution in [0.2, 0.25) is 0 Å². The molecule has 8 heteroatoms. The molecule has 0 aromatic carbocycles. The standard InChI is InChI=1S/C32H64N2O4.2H2O/c1-5-7-9-11-13-15-17-19-21-23-25-33(3,29-31(35)36)27-28-34(4,30-32(37)38)26-24-22-20-18-16-14-12-10-8-6-2;;/h5-30H2,1-4H3;2*1H2. The fraction of sp³-hybridized carbons (Fsp3) is 0.938. The van der Waals surface area contributed by atoms with Gasteiger partial charge in [-0.3, -0.25) is 0 Å². The van der Waals surface area contributed by atoms with E-state index < -0.39 is 11.9 Å². The fourth-order valence-electron chi connectivity index (χ4n) is 5.64. The zero-order valence-electron chi connectivity index (χ0n) is 26.9. The summed E-state index contributed by atoms with van der Waals surface area (Å²) in [7, 11) is 4.10. The number of aliphatic carboxylic acids is 2. The van der Waals surface area contributed by atoms with Gasteiger partial charge >= 0.3 is 11.9 Å². The Kier molecular flexibility index (Phi) is 30.2. The van der Waals surface area contributed by atoms with Gasteiger partial charge in [0.15, 0.2) is 13.1 Å². The van der Waals surface area contributed by atoms with E-state index in [1.54, 1.807) is 0 Å². The molecule has 0 amide bonds. The summed E-state index contributed by atoms with van der Waals surface area (Å²) >= 11 is 0. The fourth-order valence-corrected chi connectivity index (χ4v) is 5.64. The van der Waals surface area contributed by atoms with E-state index in [-0.39, 0.29) is 24.0 Å². The van der Waals surface area contributed by atoms with Gasteiger partial charge in [0, 0.05) is 0 Å². The molecule has 0 saturated heterocycles. The highest BCUT2D eigenvalue weighted by Crippen LogP contribution is 2.16. The second-order valence-corrected chi connectivity index (χ2v) is 12.6. The Morgan fingerprint density at radius 3 is 0.875 bits per heavy atom. The Hall–Kier alpha value is -1.22. The zero-order chi connectivity index (χ0) is 28.5. The van der Waals surface area contributed by atoms with Crippen molar-refractivity contribution in [2.75, 3.05) is 53.4 Å². The Bertz CT molecular complexity index is 542. The highest BCUT2D eigenvalue weighted by molar-refractivity contribution is 5.68. The number of quaternary nitrogens is 2. The molecule has 2 atom stereocenters. The number of carboxylic acids is 2. The molecule has 0 saturated carbocycles. The number of carboxylic acid groups (broad SMARTS) is 2. The van der Waals surface area contributed by atoms with Crippen LogP contribution in [0, 0.1) is 0 Å². The third-order valence-electron chi connectivity index (χ3n) is 8.32. The van der Waals surface area contributed by atoms with Crippen LogP contribution in [-0.4, -0.2) is 95.4 Å². The van der Waals surface area contributed by atoms with Crippen molar-refractivity contribution in [2.24, 2.45) is 0 Å². The first-order valence-electron chi connectivity index (χ1n) is 16.3. The highest BCUT2D eigenvalue weighted by atomic mass is 16.4. The smallest absolute Gasteiger partial charge is 0.359 e. The number of nitrogens with zero attached hydrogens (tertiary/aromatic N) is 2. The average Bonchev–Trinajstić information content (AvgIpc) is 2.84. The normalized spacial score (nSPS) is 14.0. The second kappa shape index (κ2) is 27.9. The Labute approximate surface area is 247 Å². The lowest BCUT2D eigenvalue weighted by atomic mass is 10.1. The number of rotatable bonds is 29. The lowest BCUT2D eigenvalue weighted by Gasteiger charge is -2.39. The maximum Gasteiger partial charge on any atom is 0.359 e. The molecule has 4 N–H and O–H groups in total. The molecule has 8 nitrogen and oxygen atoms in total. The van der Waals surface area contributed by atoms with Crippen LogP contribution in [-0.2, 0) is 9.59 Å². The maximum absolute atomic E-state index is 11.7. The third kappa shape index (κ3) is 27.0. The molecule has 0 spiro atoms. The molecule has 40 heavy (non-hydrogen) atoms. The van der Waals surface area contributed by atoms with Gasteiger partial charge < -0.3 is 30.1 Å². The van der Waals surface area contributed by atoms with Gasteiger partial charge in [-0.15, -0.1) is 0 Å². The van der Waals surface area contributed by atoms with E-state index in [2.05, 4.69) is 13.8 Å². The van der Waals surface area contributed by atoms with E-state index in [0.717, 1.165) is 38.8 Å². The van der Waals surface area contributed by atoms with Crippen molar-refractivity contribution in [3.63, 3.8) is 0 Å². The molecular formula is C32H68N2O6. The molecule has 0 fully saturated rings. The molecular weight excluding hydrogens is 508 g/mol. The van der Waals surface area contributed by atoms with Gasteiger partial charge in [-0.05, 0) is 25.7 Å². The van der Waals surface area contributed by atoms with Crippen molar-refractivity contribution in [3.05, 3.63) is 0 Å². The molecule has 0 aromatic rings. The molecule has 2 unspecified atom stereocenters. The lowest BCUT2D eigenvalue weighted by Crippen LogP contribution is -2.57. The van der Waals surface area contributed by atoms with Gasteiger partial charge in [-0.25, -0.2) is 9.59 Å². The third-order valence-corrected chi connectivity index (χ3v) is 8.32. The van der Waals surface area contributed by atoms with Gasteiger partial charge in [0.1, 0.15) is 13.1 Å². The van der Waals surface area contributed by atoms with Gasteiger partial charge in [0.05, 0.1) is 27.2 Å². The second-order valence-electron chi connectivity index (χ2n) is 12.6. The van der Waals surface area contributed by atoms with Crippen LogP contribution in [0.15, 0.2) is 0 Å². The molecule has 0 aliphatic rings. The summed E-state index contributed by atoms with van der Waals surface area (Å²) in [5, 5.41) is 19.1. The molecule has 0 heterocycles. The first-order chi connectivity index (χ1) is 18.2. The van der Waals surface area contributed by atoms with Crippen LogP contribution >= 0.6 is 0 Å². The van der Waals surface area contributed by atoms with Crippen LogP contribution in [0.25, 0.3) is 0 Å². The molecule has 0 bridgehead atoms. The lowest BCUT2D eigenvalue weighted by molar-refractivity contribution is -0.957. The first kappa shape index (κ1) is 43.2. The number of likely N-dealkylation sites (N-methyl/N-ethyl adjacent to an activating group) is 2. The van der Waals surface area contributed by atoms with E-state index >= 15 is 0 Å². The topological polar surface area (TPSA) is 135 Å². The van der Waals surface area contributed by atoms with Crippen LogP contribution < -0.4 is 0 Å². The highest BCUT2D eigenvalue weighted by Gasteiger charge is 2.32. The van der Waals surface area contributed by atoms with Crippen molar-refractivity contribution in [2.45, 2.75) is 142 Å². The summed E-state index contributed by atoms with van der Waals surface area (Å²) in [4.78, 5) is 23.3. The maximum atomic E-state index is 11.7. The van der Waals surface area contributed by atoms with Crippen molar-refractivity contribution >= 4 is 11.9 Å². The van der Waals surface area contributed by atoms with Crippen LogP contribution in [0.4, 0.5) is 0 Å². The van der Waals surface area contributed by atoms with E-state index in [4.69, 9.17) is 0 Å². The van der Waals surface area contributed by atoms with Crippen molar-refractivity contribution < 1.29 is 39.7 Å². The van der Waals surface area contributed by atoms with Crippen molar-refractivity contribution in [1.29, 1.82) is 0 Å². The van der Waals surface area contributed by atoms with Gasteiger partial charge in [-0.1, -0.05) is 117 Å². The van der Waals surface area contributed by atoms with Crippen LogP contribution in [0.1, 0.15) is 142 Å². The number of carbonyl (C=O) groups is 2. The monoisotopic (exact) mass is 577 g/mol. The Morgan fingerprint density at radius 2 is 0.650 bits per heavy atom. The minimum absolute atomic E-state index is 0. The quantitative estimate of drug-likeness (QED) is 0.0697. The number of unbranched alkanes of at least 4 members (excludes halogenated alkanes) is 18. The van der Waals surface area contributed by atoms with E-state index in [9.17, 15) is 19.8 Å². The van der Waals surface area contributed by atoms with Crippen LogP contribution in [0.5, 0.6) is 0 Å². The first-order valence-corrected chi connectivity index (χ1v) is 16.3. The summed E-state index contributed by atoms with van der Waals surface area (Å²) in [5.74, 6) is -1.52.